The van der Waals surface area contributed by atoms with Crippen molar-refractivity contribution in [2.24, 2.45) is 28.9 Å². The van der Waals surface area contributed by atoms with E-state index < -0.39 is 0 Å². The van der Waals surface area contributed by atoms with Crippen LogP contribution in [-0.2, 0) is 0 Å². The Labute approximate surface area is 107 Å². The summed E-state index contributed by atoms with van der Waals surface area (Å²) in [6.07, 6.45) is 12.7. The van der Waals surface area contributed by atoms with E-state index in [0.29, 0.717) is 5.41 Å². The molecule has 2 N–H and O–H groups in total. The highest BCUT2D eigenvalue weighted by Gasteiger charge is 2.48. The summed E-state index contributed by atoms with van der Waals surface area (Å²) in [4.78, 5) is 0. The van der Waals surface area contributed by atoms with Gasteiger partial charge in [-0.3, -0.25) is 0 Å². The van der Waals surface area contributed by atoms with Crippen molar-refractivity contribution in [1.29, 1.82) is 0 Å². The van der Waals surface area contributed by atoms with Gasteiger partial charge in [-0.1, -0.05) is 33.1 Å². The van der Waals surface area contributed by atoms with E-state index in [1.54, 1.807) is 0 Å². The zero-order valence-corrected chi connectivity index (χ0v) is 11.7. The van der Waals surface area contributed by atoms with Gasteiger partial charge in [0.1, 0.15) is 0 Å². The smallest absolute Gasteiger partial charge is 0.0208 e. The third-order valence-corrected chi connectivity index (χ3v) is 6.53. The van der Waals surface area contributed by atoms with Crippen LogP contribution in [0.15, 0.2) is 0 Å². The van der Waals surface area contributed by atoms with Crippen LogP contribution in [0.5, 0.6) is 0 Å². The molecule has 1 nitrogen and oxygen atoms in total. The first-order valence-electron chi connectivity index (χ1n) is 7.79. The van der Waals surface area contributed by atoms with Gasteiger partial charge < -0.3 is 5.73 Å². The molecule has 0 aromatic carbocycles. The van der Waals surface area contributed by atoms with Crippen molar-refractivity contribution in [2.45, 2.75) is 77.2 Å². The molecule has 2 bridgehead atoms. The third kappa shape index (κ3) is 1.95. The first kappa shape index (κ1) is 12.0. The molecule has 3 saturated carbocycles. The van der Waals surface area contributed by atoms with Crippen molar-refractivity contribution >= 4 is 0 Å². The Balaban J connectivity index is 1.70. The lowest BCUT2D eigenvalue weighted by Crippen LogP contribution is -2.55. The highest BCUT2D eigenvalue weighted by molar-refractivity contribution is 5.04. The standard InChI is InChI=1S/C16H29N/c1-15(2)7-3-4-8-16(15,17)11-14-10-12-5-6-13(14)9-12/h12-14H,3-11,17H2,1-2H3. The van der Waals surface area contributed by atoms with Crippen molar-refractivity contribution < 1.29 is 0 Å². The van der Waals surface area contributed by atoms with Crippen molar-refractivity contribution in [1.82, 2.24) is 0 Å². The second-order valence-corrected chi connectivity index (χ2v) is 7.89. The van der Waals surface area contributed by atoms with Crippen LogP contribution in [-0.4, -0.2) is 5.54 Å². The van der Waals surface area contributed by atoms with E-state index in [4.69, 9.17) is 5.73 Å². The summed E-state index contributed by atoms with van der Waals surface area (Å²) in [5, 5.41) is 0. The van der Waals surface area contributed by atoms with E-state index >= 15 is 0 Å². The van der Waals surface area contributed by atoms with Crippen LogP contribution in [0, 0.1) is 23.2 Å². The second-order valence-electron chi connectivity index (χ2n) is 7.89. The molecule has 0 aromatic heterocycles. The predicted molar refractivity (Wildman–Crippen MR) is 72.7 cm³/mol. The maximum atomic E-state index is 6.85. The summed E-state index contributed by atoms with van der Waals surface area (Å²) in [6.45, 7) is 4.83. The molecule has 0 aromatic rings. The summed E-state index contributed by atoms with van der Waals surface area (Å²) < 4.78 is 0. The van der Waals surface area contributed by atoms with E-state index in [1.807, 2.05) is 0 Å². The van der Waals surface area contributed by atoms with Crippen molar-refractivity contribution in [3.05, 3.63) is 0 Å². The SMILES string of the molecule is CC1(C)CCCCC1(N)CC1CC2CCC1C2. The Kier molecular flexibility index (Phi) is 2.81. The Morgan fingerprint density at radius 1 is 1.06 bits per heavy atom. The molecule has 0 amide bonds. The Bertz CT molecular complexity index is 296. The van der Waals surface area contributed by atoms with Gasteiger partial charge in [-0.25, -0.2) is 0 Å². The normalized spacial score (nSPS) is 48.5. The van der Waals surface area contributed by atoms with Gasteiger partial charge in [0, 0.05) is 5.54 Å². The van der Waals surface area contributed by atoms with Gasteiger partial charge in [0.05, 0.1) is 0 Å². The number of rotatable bonds is 2. The molecule has 0 saturated heterocycles. The summed E-state index contributed by atoms with van der Waals surface area (Å²) in [6, 6.07) is 0. The Hall–Kier alpha value is -0.0400. The van der Waals surface area contributed by atoms with Crippen LogP contribution in [0.3, 0.4) is 0 Å². The van der Waals surface area contributed by atoms with Crippen molar-refractivity contribution in [2.75, 3.05) is 0 Å². The highest BCUT2D eigenvalue weighted by Crippen LogP contribution is 2.54. The molecular formula is C16H29N. The third-order valence-electron chi connectivity index (χ3n) is 6.53. The largest absolute Gasteiger partial charge is 0.325 e. The summed E-state index contributed by atoms with van der Waals surface area (Å²) in [5.41, 5.74) is 7.36. The molecule has 4 unspecified atom stereocenters. The van der Waals surface area contributed by atoms with Crippen molar-refractivity contribution in [3.63, 3.8) is 0 Å². The quantitative estimate of drug-likeness (QED) is 0.766. The topological polar surface area (TPSA) is 26.0 Å². The zero-order chi connectivity index (χ0) is 12.1. The van der Waals surface area contributed by atoms with Crippen LogP contribution < -0.4 is 5.73 Å². The molecule has 3 aliphatic rings. The summed E-state index contributed by atoms with van der Waals surface area (Å²) in [7, 11) is 0. The first-order chi connectivity index (χ1) is 8.00. The fourth-order valence-electron chi connectivity index (χ4n) is 5.07. The van der Waals surface area contributed by atoms with Gasteiger partial charge in [-0.2, -0.15) is 0 Å². The van der Waals surface area contributed by atoms with Crippen LogP contribution in [0.4, 0.5) is 0 Å². The summed E-state index contributed by atoms with van der Waals surface area (Å²) >= 11 is 0. The Morgan fingerprint density at radius 3 is 2.41 bits per heavy atom. The van der Waals surface area contributed by atoms with E-state index in [2.05, 4.69) is 13.8 Å². The molecule has 98 valence electrons. The molecule has 3 rings (SSSR count). The molecule has 3 fully saturated rings. The fourth-order valence-corrected chi connectivity index (χ4v) is 5.07. The van der Waals surface area contributed by atoms with Crippen LogP contribution in [0.2, 0.25) is 0 Å². The second kappa shape index (κ2) is 3.98. The van der Waals surface area contributed by atoms with Crippen LogP contribution >= 0.6 is 0 Å². The lowest BCUT2D eigenvalue weighted by molar-refractivity contribution is 0.0639. The number of fused-ring (bicyclic) bond motifs is 2. The van der Waals surface area contributed by atoms with E-state index in [0.717, 1.165) is 17.8 Å². The molecule has 1 heteroatoms. The lowest BCUT2D eigenvalue weighted by atomic mass is 9.59. The van der Waals surface area contributed by atoms with Gasteiger partial charge in [-0.05, 0) is 61.7 Å². The van der Waals surface area contributed by atoms with E-state index in [-0.39, 0.29) is 5.54 Å². The fraction of sp³-hybridized carbons (Fsp3) is 1.00. The maximum Gasteiger partial charge on any atom is 0.0208 e. The molecule has 3 aliphatic carbocycles. The summed E-state index contributed by atoms with van der Waals surface area (Å²) in [5.74, 6) is 3.08. The minimum Gasteiger partial charge on any atom is -0.325 e. The number of hydrogen-bond acceptors (Lipinski definition) is 1. The average Bonchev–Trinajstić information content (AvgIpc) is 2.84. The number of hydrogen-bond donors (Lipinski definition) is 1. The minimum absolute atomic E-state index is 0.139. The van der Waals surface area contributed by atoms with Gasteiger partial charge in [-0.15, -0.1) is 0 Å². The minimum atomic E-state index is 0.139. The molecular weight excluding hydrogens is 206 g/mol. The lowest BCUT2D eigenvalue weighted by Gasteiger charge is -2.50. The Morgan fingerprint density at radius 2 is 1.82 bits per heavy atom. The van der Waals surface area contributed by atoms with Crippen LogP contribution in [0.25, 0.3) is 0 Å². The van der Waals surface area contributed by atoms with Crippen LogP contribution in [0.1, 0.15) is 71.6 Å². The van der Waals surface area contributed by atoms with Gasteiger partial charge >= 0.3 is 0 Å². The molecule has 0 radical (unpaired) electrons. The maximum absolute atomic E-state index is 6.85. The monoisotopic (exact) mass is 235 g/mol. The molecule has 4 atom stereocenters. The predicted octanol–water partition coefficient (Wildman–Crippen LogP) is 4.11. The van der Waals surface area contributed by atoms with Gasteiger partial charge in [0.15, 0.2) is 0 Å². The zero-order valence-electron chi connectivity index (χ0n) is 11.7. The molecule has 0 spiro atoms. The van der Waals surface area contributed by atoms with Gasteiger partial charge in [0.2, 0.25) is 0 Å². The number of nitrogens with two attached hydrogens (primary N) is 1. The van der Waals surface area contributed by atoms with Crippen molar-refractivity contribution in [3.8, 4) is 0 Å². The molecule has 17 heavy (non-hydrogen) atoms. The molecule has 0 aliphatic heterocycles. The van der Waals surface area contributed by atoms with E-state index in [1.165, 1.54) is 57.8 Å². The molecule has 0 heterocycles. The first-order valence-corrected chi connectivity index (χ1v) is 7.79. The highest BCUT2D eigenvalue weighted by atomic mass is 14.8. The average molecular weight is 235 g/mol. The van der Waals surface area contributed by atoms with Gasteiger partial charge in [0.25, 0.3) is 0 Å². The van der Waals surface area contributed by atoms with E-state index in [9.17, 15) is 0 Å².